The molecule has 0 radical (unpaired) electrons. The fourth-order valence-electron chi connectivity index (χ4n) is 1.38. The molecule has 0 unspecified atom stereocenters. The second-order valence-electron chi connectivity index (χ2n) is 4.22. The summed E-state index contributed by atoms with van der Waals surface area (Å²) in [6.07, 6.45) is 19.3. The van der Waals surface area contributed by atoms with Gasteiger partial charge in [0.2, 0.25) is 0 Å². The van der Waals surface area contributed by atoms with Crippen molar-refractivity contribution < 1.29 is 9.53 Å². The molecule has 0 aromatic heterocycles. The van der Waals surface area contributed by atoms with E-state index >= 15 is 0 Å². The standard InChI is InChI=1S/C16H26O2/c1-3-4-5-6-7-8-9-10-11-12-13-14-15-18-16(2)17/h6-11H,3-5,12-15H2,1-2H3/b7-6-,9-8-,11-10-. The Kier molecular flexibility index (Phi) is 12.8. The molecule has 0 spiro atoms. The summed E-state index contributed by atoms with van der Waals surface area (Å²) in [7, 11) is 0. The molecule has 102 valence electrons. The van der Waals surface area contributed by atoms with Crippen LogP contribution >= 0.6 is 0 Å². The third-order valence-corrected chi connectivity index (χ3v) is 2.40. The van der Waals surface area contributed by atoms with Gasteiger partial charge in [-0.05, 0) is 25.7 Å². The van der Waals surface area contributed by atoms with Gasteiger partial charge in [-0.15, -0.1) is 0 Å². The number of ether oxygens (including phenoxy) is 1. The summed E-state index contributed by atoms with van der Waals surface area (Å²) >= 11 is 0. The molecule has 0 bridgehead atoms. The van der Waals surface area contributed by atoms with E-state index in [4.69, 9.17) is 4.74 Å². The largest absolute Gasteiger partial charge is 0.466 e. The van der Waals surface area contributed by atoms with E-state index in [1.165, 1.54) is 26.2 Å². The number of carbonyl (C=O) groups excluding carboxylic acids is 1. The van der Waals surface area contributed by atoms with E-state index in [9.17, 15) is 4.79 Å². The molecular weight excluding hydrogens is 224 g/mol. The van der Waals surface area contributed by atoms with Gasteiger partial charge in [0.1, 0.15) is 0 Å². The van der Waals surface area contributed by atoms with E-state index < -0.39 is 0 Å². The van der Waals surface area contributed by atoms with Crippen molar-refractivity contribution in [2.75, 3.05) is 6.61 Å². The van der Waals surface area contributed by atoms with Gasteiger partial charge in [-0.25, -0.2) is 0 Å². The fourth-order valence-corrected chi connectivity index (χ4v) is 1.38. The minimum Gasteiger partial charge on any atom is -0.466 e. The van der Waals surface area contributed by atoms with Crippen molar-refractivity contribution >= 4 is 5.97 Å². The number of hydrogen-bond acceptors (Lipinski definition) is 2. The normalized spacial score (nSPS) is 11.9. The van der Waals surface area contributed by atoms with Crippen LogP contribution in [0.2, 0.25) is 0 Å². The molecule has 0 aliphatic heterocycles. The van der Waals surface area contributed by atoms with E-state index in [2.05, 4.69) is 43.4 Å². The molecule has 0 N–H and O–H groups in total. The number of hydrogen-bond donors (Lipinski definition) is 0. The first-order valence-electron chi connectivity index (χ1n) is 6.89. The third kappa shape index (κ3) is 14.7. The van der Waals surface area contributed by atoms with Crippen molar-refractivity contribution in [2.45, 2.75) is 52.4 Å². The van der Waals surface area contributed by atoms with Crippen molar-refractivity contribution in [3.05, 3.63) is 36.5 Å². The molecule has 18 heavy (non-hydrogen) atoms. The number of allylic oxidation sites excluding steroid dienone is 6. The number of carbonyl (C=O) groups is 1. The summed E-state index contributed by atoms with van der Waals surface area (Å²) in [4.78, 5) is 10.5. The molecule has 0 atom stereocenters. The summed E-state index contributed by atoms with van der Waals surface area (Å²) < 4.78 is 4.85. The van der Waals surface area contributed by atoms with E-state index in [0.29, 0.717) is 6.61 Å². The van der Waals surface area contributed by atoms with Crippen molar-refractivity contribution in [1.29, 1.82) is 0 Å². The fraction of sp³-hybridized carbons (Fsp3) is 0.562. The van der Waals surface area contributed by atoms with Gasteiger partial charge in [-0.1, -0.05) is 56.2 Å². The van der Waals surface area contributed by atoms with Crippen molar-refractivity contribution in [3.63, 3.8) is 0 Å². The zero-order valence-electron chi connectivity index (χ0n) is 11.7. The van der Waals surface area contributed by atoms with Crippen LogP contribution in [0.15, 0.2) is 36.5 Å². The molecule has 2 heteroatoms. The predicted molar refractivity (Wildman–Crippen MR) is 77.4 cm³/mol. The number of unbranched alkanes of at least 4 members (excludes halogenated alkanes) is 4. The van der Waals surface area contributed by atoms with Crippen LogP contribution in [0, 0.1) is 0 Å². The van der Waals surface area contributed by atoms with Gasteiger partial charge in [0.05, 0.1) is 6.61 Å². The summed E-state index contributed by atoms with van der Waals surface area (Å²) in [6.45, 7) is 4.19. The highest BCUT2D eigenvalue weighted by Gasteiger charge is 1.90. The highest BCUT2D eigenvalue weighted by atomic mass is 16.5. The van der Waals surface area contributed by atoms with Gasteiger partial charge in [0, 0.05) is 6.92 Å². The molecule has 0 saturated heterocycles. The molecule has 0 heterocycles. The summed E-state index contributed by atoms with van der Waals surface area (Å²) in [5, 5.41) is 0. The topological polar surface area (TPSA) is 26.3 Å². The molecule has 0 aliphatic rings. The third-order valence-electron chi connectivity index (χ3n) is 2.40. The van der Waals surface area contributed by atoms with Crippen LogP contribution in [0.1, 0.15) is 52.4 Å². The highest BCUT2D eigenvalue weighted by molar-refractivity contribution is 5.65. The minimum absolute atomic E-state index is 0.191. The first-order valence-corrected chi connectivity index (χ1v) is 6.89. The Bertz CT molecular complexity index is 275. The maximum atomic E-state index is 10.5. The maximum absolute atomic E-state index is 10.5. The van der Waals surface area contributed by atoms with Crippen LogP contribution in [-0.2, 0) is 9.53 Å². The minimum atomic E-state index is -0.191. The summed E-state index contributed by atoms with van der Waals surface area (Å²) in [6, 6.07) is 0. The van der Waals surface area contributed by atoms with Crippen LogP contribution in [0.3, 0.4) is 0 Å². The van der Waals surface area contributed by atoms with Gasteiger partial charge in [0.25, 0.3) is 0 Å². The van der Waals surface area contributed by atoms with Crippen LogP contribution in [-0.4, -0.2) is 12.6 Å². The van der Waals surface area contributed by atoms with Gasteiger partial charge >= 0.3 is 5.97 Å². The summed E-state index contributed by atoms with van der Waals surface area (Å²) in [5.74, 6) is -0.191. The van der Waals surface area contributed by atoms with Crippen molar-refractivity contribution in [1.82, 2.24) is 0 Å². The second kappa shape index (κ2) is 13.8. The van der Waals surface area contributed by atoms with Crippen LogP contribution < -0.4 is 0 Å². The lowest BCUT2D eigenvalue weighted by molar-refractivity contribution is -0.141. The average Bonchev–Trinajstić information content (AvgIpc) is 2.34. The average molecular weight is 250 g/mol. The summed E-state index contributed by atoms with van der Waals surface area (Å²) in [5.41, 5.74) is 0. The molecule has 0 aliphatic carbocycles. The highest BCUT2D eigenvalue weighted by Crippen LogP contribution is 1.98. The molecule has 0 amide bonds. The lowest BCUT2D eigenvalue weighted by Gasteiger charge is -1.98. The monoisotopic (exact) mass is 250 g/mol. The van der Waals surface area contributed by atoms with Crippen LogP contribution in [0.5, 0.6) is 0 Å². The van der Waals surface area contributed by atoms with Crippen molar-refractivity contribution in [2.24, 2.45) is 0 Å². The van der Waals surface area contributed by atoms with Gasteiger partial charge in [0.15, 0.2) is 0 Å². The molecule has 0 rings (SSSR count). The lowest BCUT2D eigenvalue weighted by atomic mass is 10.2. The molecule has 2 nitrogen and oxygen atoms in total. The Balaban J connectivity index is 3.34. The predicted octanol–water partition coefficient (Wildman–Crippen LogP) is 4.58. The van der Waals surface area contributed by atoms with E-state index in [-0.39, 0.29) is 5.97 Å². The van der Waals surface area contributed by atoms with Gasteiger partial charge < -0.3 is 4.74 Å². The number of rotatable bonds is 10. The lowest BCUT2D eigenvalue weighted by Crippen LogP contribution is -1.99. The smallest absolute Gasteiger partial charge is 0.302 e. The van der Waals surface area contributed by atoms with E-state index in [0.717, 1.165) is 19.3 Å². The quantitative estimate of drug-likeness (QED) is 0.322. The van der Waals surface area contributed by atoms with E-state index in [1.54, 1.807) is 0 Å². The molecule has 0 aromatic carbocycles. The Labute approximate surface area is 111 Å². The number of esters is 1. The second-order valence-corrected chi connectivity index (χ2v) is 4.22. The zero-order chi connectivity index (χ0) is 13.5. The van der Waals surface area contributed by atoms with Crippen LogP contribution in [0.25, 0.3) is 0 Å². The van der Waals surface area contributed by atoms with E-state index in [1.807, 2.05) is 0 Å². The van der Waals surface area contributed by atoms with Crippen LogP contribution in [0.4, 0.5) is 0 Å². The zero-order valence-corrected chi connectivity index (χ0v) is 11.7. The molecular formula is C16H26O2. The van der Waals surface area contributed by atoms with Gasteiger partial charge in [-0.3, -0.25) is 4.79 Å². The molecule has 0 saturated carbocycles. The SMILES string of the molecule is CCCC\C=C/C=C\C=C/CCCCOC(C)=O. The molecule has 0 fully saturated rings. The first-order chi connectivity index (χ1) is 8.77. The van der Waals surface area contributed by atoms with Gasteiger partial charge in [-0.2, -0.15) is 0 Å². The maximum Gasteiger partial charge on any atom is 0.302 e. The molecule has 0 aromatic rings. The van der Waals surface area contributed by atoms with Crippen molar-refractivity contribution in [3.8, 4) is 0 Å². The Hall–Kier alpha value is -1.31. The Morgan fingerprint density at radius 3 is 2.11 bits per heavy atom. The Morgan fingerprint density at radius 2 is 1.56 bits per heavy atom. The first kappa shape index (κ1) is 16.7. The Morgan fingerprint density at radius 1 is 0.944 bits per heavy atom.